The van der Waals surface area contributed by atoms with Crippen LogP contribution in [0.2, 0.25) is 0 Å². The summed E-state index contributed by atoms with van der Waals surface area (Å²) in [4.78, 5) is 18.0. The van der Waals surface area contributed by atoms with Crippen LogP contribution >= 0.6 is 0 Å². The number of hydrogen-bond acceptors (Lipinski definition) is 3. The molecule has 0 spiro atoms. The molecule has 1 amide bonds. The molecule has 1 aliphatic rings. The molecule has 1 atom stereocenters. The Bertz CT molecular complexity index is 397. The molecule has 1 N–H and O–H groups in total. The Morgan fingerprint density at radius 1 is 1.41 bits per heavy atom. The lowest BCUT2D eigenvalue weighted by molar-refractivity contribution is -0.131. The van der Waals surface area contributed by atoms with Gasteiger partial charge in [-0.3, -0.25) is 4.79 Å². The van der Waals surface area contributed by atoms with Crippen molar-refractivity contribution in [2.45, 2.75) is 38.8 Å². The Kier molecular flexibility index (Phi) is 3.05. The molecule has 1 aromatic rings. The average molecular weight is 233 g/mol. The van der Waals surface area contributed by atoms with Gasteiger partial charge < -0.3 is 10.2 Å². The normalized spacial score (nSPS) is 20.8. The van der Waals surface area contributed by atoms with E-state index in [1.807, 2.05) is 23.1 Å². The van der Waals surface area contributed by atoms with E-state index in [2.05, 4.69) is 31.1 Å². The minimum Gasteiger partial charge on any atom is -0.365 e. The molecule has 1 aromatic heterocycles. The predicted molar refractivity (Wildman–Crippen MR) is 67.7 cm³/mol. The van der Waals surface area contributed by atoms with E-state index in [1.54, 1.807) is 6.20 Å². The molecule has 0 saturated carbocycles. The zero-order valence-electron chi connectivity index (χ0n) is 10.6. The van der Waals surface area contributed by atoms with Gasteiger partial charge in [0.05, 0.1) is 6.04 Å². The smallest absolute Gasteiger partial charge is 0.225 e. The molecule has 0 aromatic carbocycles. The summed E-state index contributed by atoms with van der Waals surface area (Å²) in [6.45, 7) is 6.94. The lowest BCUT2D eigenvalue weighted by Crippen LogP contribution is -2.43. The van der Waals surface area contributed by atoms with Crippen molar-refractivity contribution >= 4 is 11.7 Å². The predicted octanol–water partition coefficient (Wildman–Crippen LogP) is 1.89. The molecule has 4 heteroatoms. The fourth-order valence-corrected chi connectivity index (χ4v) is 2.11. The van der Waals surface area contributed by atoms with Gasteiger partial charge in [0, 0.05) is 24.7 Å². The molecular formula is C13H19N3O. The van der Waals surface area contributed by atoms with Crippen LogP contribution in [0.4, 0.5) is 5.82 Å². The zero-order chi connectivity index (χ0) is 12.5. The van der Waals surface area contributed by atoms with Crippen molar-refractivity contribution in [1.82, 2.24) is 9.88 Å². The average Bonchev–Trinajstić information content (AvgIpc) is 2.60. The molecule has 2 rings (SSSR count). The quantitative estimate of drug-likeness (QED) is 0.848. The topological polar surface area (TPSA) is 45.2 Å². The third-order valence-electron chi connectivity index (χ3n) is 2.95. The van der Waals surface area contributed by atoms with Crippen molar-refractivity contribution in [2.75, 3.05) is 11.9 Å². The van der Waals surface area contributed by atoms with Crippen LogP contribution in [0.15, 0.2) is 24.4 Å². The minimum absolute atomic E-state index is 0.0996. The third-order valence-corrected chi connectivity index (χ3v) is 2.95. The first-order valence-electron chi connectivity index (χ1n) is 5.95. The largest absolute Gasteiger partial charge is 0.365 e. The minimum atomic E-state index is -0.0996. The van der Waals surface area contributed by atoms with E-state index in [0.29, 0.717) is 6.42 Å². The number of carbonyl (C=O) groups excluding carboxylic acids is 1. The van der Waals surface area contributed by atoms with Gasteiger partial charge in [0.25, 0.3) is 0 Å². The second-order valence-corrected chi connectivity index (χ2v) is 5.44. The summed E-state index contributed by atoms with van der Waals surface area (Å²) >= 11 is 0. The van der Waals surface area contributed by atoms with Gasteiger partial charge in [-0.15, -0.1) is 0 Å². The lowest BCUT2D eigenvalue weighted by atomic mass is 10.1. The van der Waals surface area contributed by atoms with Crippen molar-refractivity contribution in [3.63, 3.8) is 0 Å². The first-order chi connectivity index (χ1) is 7.97. The SMILES string of the molecule is CC(C)(C)N1CC(Nc2ccccn2)CC1=O. The Labute approximate surface area is 102 Å². The molecule has 17 heavy (non-hydrogen) atoms. The van der Waals surface area contributed by atoms with Gasteiger partial charge in [0.1, 0.15) is 5.82 Å². The first-order valence-corrected chi connectivity index (χ1v) is 5.95. The molecule has 92 valence electrons. The van der Waals surface area contributed by atoms with Crippen molar-refractivity contribution in [1.29, 1.82) is 0 Å². The number of carbonyl (C=O) groups is 1. The van der Waals surface area contributed by atoms with Crippen LogP contribution < -0.4 is 5.32 Å². The second-order valence-electron chi connectivity index (χ2n) is 5.44. The molecule has 1 aliphatic heterocycles. The first kappa shape index (κ1) is 11.9. The van der Waals surface area contributed by atoms with E-state index >= 15 is 0 Å². The van der Waals surface area contributed by atoms with Gasteiger partial charge in [-0.2, -0.15) is 0 Å². The van der Waals surface area contributed by atoms with E-state index in [-0.39, 0.29) is 17.5 Å². The van der Waals surface area contributed by atoms with Crippen molar-refractivity contribution in [3.05, 3.63) is 24.4 Å². The van der Waals surface area contributed by atoms with Crippen molar-refractivity contribution < 1.29 is 4.79 Å². The van der Waals surface area contributed by atoms with E-state index in [4.69, 9.17) is 0 Å². The summed E-state index contributed by atoms with van der Waals surface area (Å²) in [7, 11) is 0. The number of amides is 1. The molecule has 2 heterocycles. The highest BCUT2D eigenvalue weighted by Gasteiger charge is 2.36. The molecule has 1 saturated heterocycles. The standard InChI is InChI=1S/C13H19N3O/c1-13(2,3)16-9-10(8-12(16)17)15-11-6-4-5-7-14-11/h4-7,10H,8-9H2,1-3H3,(H,14,15). The summed E-state index contributed by atoms with van der Waals surface area (Å²) in [5.41, 5.74) is -0.0996. The van der Waals surface area contributed by atoms with Crippen LogP contribution in [0.1, 0.15) is 27.2 Å². The van der Waals surface area contributed by atoms with Crippen LogP contribution in [0, 0.1) is 0 Å². The Morgan fingerprint density at radius 3 is 2.71 bits per heavy atom. The summed E-state index contributed by atoms with van der Waals surface area (Å²) in [5, 5.41) is 3.30. The fourth-order valence-electron chi connectivity index (χ4n) is 2.11. The highest BCUT2D eigenvalue weighted by Crippen LogP contribution is 2.23. The van der Waals surface area contributed by atoms with Gasteiger partial charge in [-0.25, -0.2) is 4.98 Å². The maximum absolute atomic E-state index is 11.9. The molecule has 4 nitrogen and oxygen atoms in total. The van der Waals surface area contributed by atoms with Crippen LogP contribution in [-0.2, 0) is 4.79 Å². The number of rotatable bonds is 2. The number of aromatic nitrogens is 1. The molecule has 0 aliphatic carbocycles. The number of nitrogens with one attached hydrogen (secondary N) is 1. The van der Waals surface area contributed by atoms with Crippen LogP contribution in [-0.4, -0.2) is 33.9 Å². The highest BCUT2D eigenvalue weighted by molar-refractivity contribution is 5.80. The maximum Gasteiger partial charge on any atom is 0.225 e. The lowest BCUT2D eigenvalue weighted by Gasteiger charge is -2.32. The number of nitrogens with zero attached hydrogens (tertiary/aromatic N) is 2. The summed E-state index contributed by atoms with van der Waals surface area (Å²) in [6, 6.07) is 5.90. The van der Waals surface area contributed by atoms with Crippen molar-refractivity contribution in [2.24, 2.45) is 0 Å². The molecule has 0 bridgehead atoms. The number of anilines is 1. The second kappa shape index (κ2) is 4.35. The Hall–Kier alpha value is -1.58. The van der Waals surface area contributed by atoms with Gasteiger partial charge in [-0.1, -0.05) is 6.07 Å². The molecular weight excluding hydrogens is 214 g/mol. The highest BCUT2D eigenvalue weighted by atomic mass is 16.2. The monoisotopic (exact) mass is 233 g/mol. The van der Waals surface area contributed by atoms with Crippen molar-refractivity contribution in [3.8, 4) is 0 Å². The zero-order valence-corrected chi connectivity index (χ0v) is 10.6. The van der Waals surface area contributed by atoms with E-state index in [0.717, 1.165) is 12.4 Å². The van der Waals surface area contributed by atoms with Gasteiger partial charge >= 0.3 is 0 Å². The summed E-state index contributed by atoms with van der Waals surface area (Å²) in [6.07, 6.45) is 2.30. The van der Waals surface area contributed by atoms with E-state index < -0.39 is 0 Å². The molecule has 0 radical (unpaired) electrons. The summed E-state index contributed by atoms with van der Waals surface area (Å²) < 4.78 is 0. The van der Waals surface area contributed by atoms with Gasteiger partial charge in [0.2, 0.25) is 5.91 Å². The van der Waals surface area contributed by atoms with Gasteiger partial charge in [-0.05, 0) is 32.9 Å². The molecule has 1 unspecified atom stereocenters. The van der Waals surface area contributed by atoms with Crippen LogP contribution in [0.5, 0.6) is 0 Å². The summed E-state index contributed by atoms with van der Waals surface area (Å²) in [5.74, 6) is 1.05. The Balaban J connectivity index is 2.01. The van der Waals surface area contributed by atoms with Crippen LogP contribution in [0.3, 0.4) is 0 Å². The van der Waals surface area contributed by atoms with Gasteiger partial charge in [0.15, 0.2) is 0 Å². The Morgan fingerprint density at radius 2 is 2.18 bits per heavy atom. The fraction of sp³-hybridized carbons (Fsp3) is 0.538. The number of pyridine rings is 1. The molecule has 1 fully saturated rings. The number of hydrogen-bond donors (Lipinski definition) is 1. The van der Waals surface area contributed by atoms with E-state index in [1.165, 1.54) is 0 Å². The number of likely N-dealkylation sites (tertiary alicyclic amines) is 1. The van der Waals surface area contributed by atoms with Crippen LogP contribution in [0.25, 0.3) is 0 Å². The third kappa shape index (κ3) is 2.75. The maximum atomic E-state index is 11.9. The van der Waals surface area contributed by atoms with E-state index in [9.17, 15) is 4.79 Å².